The molecule has 1 unspecified atom stereocenters. The van der Waals surface area contributed by atoms with Crippen LogP contribution in [0.15, 0.2) is 36.0 Å². The Hall–Kier alpha value is -2.57. The van der Waals surface area contributed by atoms with Crippen LogP contribution in [0.5, 0.6) is 0 Å². The second-order valence-corrected chi connectivity index (χ2v) is 8.43. The summed E-state index contributed by atoms with van der Waals surface area (Å²) in [6.45, 7) is 14.5. The number of carbonyl (C=O) groups is 3. The Bertz CT molecular complexity index is 657. The van der Waals surface area contributed by atoms with Crippen LogP contribution < -0.4 is 10.6 Å². The highest BCUT2D eigenvalue weighted by molar-refractivity contribution is 5.89. The molecule has 0 aliphatic rings. The van der Waals surface area contributed by atoms with E-state index in [0.717, 1.165) is 5.57 Å². The van der Waals surface area contributed by atoms with Crippen LogP contribution in [0.3, 0.4) is 0 Å². The van der Waals surface area contributed by atoms with Crippen LogP contribution in [-0.2, 0) is 19.1 Å². The maximum atomic E-state index is 12.6. The summed E-state index contributed by atoms with van der Waals surface area (Å²) < 4.78 is 10.6. The normalized spacial score (nSPS) is 14.6. The van der Waals surface area contributed by atoms with Crippen molar-refractivity contribution in [1.29, 1.82) is 0 Å². The molecule has 0 aliphatic heterocycles. The molecule has 0 aromatic heterocycles. The number of esters is 1. The van der Waals surface area contributed by atoms with Crippen LogP contribution in [0.2, 0.25) is 0 Å². The number of alkyl carbamates (subject to hydrolysis) is 1. The number of ether oxygens (including phenoxy) is 2. The Labute approximate surface area is 181 Å². The van der Waals surface area contributed by atoms with E-state index in [1.54, 1.807) is 20.8 Å². The molecular weight excluding hydrogens is 384 g/mol. The van der Waals surface area contributed by atoms with Gasteiger partial charge in [-0.1, -0.05) is 44.2 Å². The molecule has 30 heavy (non-hydrogen) atoms. The van der Waals surface area contributed by atoms with Gasteiger partial charge in [0.25, 0.3) is 0 Å². The van der Waals surface area contributed by atoms with Crippen molar-refractivity contribution >= 4 is 18.0 Å². The maximum Gasteiger partial charge on any atom is 0.408 e. The van der Waals surface area contributed by atoms with Crippen molar-refractivity contribution < 1.29 is 23.9 Å². The largest absolute Gasteiger partial charge is 0.459 e. The number of rotatable bonds is 10. The topological polar surface area (TPSA) is 93.7 Å². The molecule has 2 amide bonds. The average Bonchev–Trinajstić information content (AvgIpc) is 2.60. The molecule has 0 aromatic rings. The van der Waals surface area contributed by atoms with Crippen molar-refractivity contribution in [3.05, 3.63) is 36.0 Å². The van der Waals surface area contributed by atoms with Gasteiger partial charge in [-0.2, -0.15) is 0 Å². The predicted molar refractivity (Wildman–Crippen MR) is 119 cm³/mol. The number of nitrogens with one attached hydrogen (secondary N) is 2. The summed E-state index contributed by atoms with van der Waals surface area (Å²) in [4.78, 5) is 37.0. The highest BCUT2D eigenvalue weighted by atomic mass is 16.6. The Morgan fingerprint density at radius 3 is 2.13 bits per heavy atom. The van der Waals surface area contributed by atoms with E-state index in [-0.39, 0.29) is 12.5 Å². The molecule has 0 heterocycles. The van der Waals surface area contributed by atoms with Gasteiger partial charge in [0.05, 0.1) is 0 Å². The molecule has 0 aliphatic carbocycles. The third-order valence-corrected chi connectivity index (χ3v) is 3.70. The van der Waals surface area contributed by atoms with Gasteiger partial charge in [-0.3, -0.25) is 4.79 Å². The van der Waals surface area contributed by atoms with Crippen molar-refractivity contribution in [2.75, 3.05) is 6.61 Å². The van der Waals surface area contributed by atoms with Crippen LogP contribution >= 0.6 is 0 Å². The molecular formula is C23H38N2O5. The van der Waals surface area contributed by atoms with Gasteiger partial charge in [0.2, 0.25) is 5.91 Å². The summed E-state index contributed by atoms with van der Waals surface area (Å²) in [6, 6.07) is -1.68. The molecule has 2 N–H and O–H groups in total. The van der Waals surface area contributed by atoms with Gasteiger partial charge in [0.1, 0.15) is 24.3 Å². The molecule has 0 saturated heterocycles. The SMILES string of the molecule is C\C=C/C=C(\C=C/C)COC(=O)[C@H](CC(C)C)NC(=O)C(C)NC(=O)OC(C)(C)C. The van der Waals surface area contributed by atoms with Gasteiger partial charge in [0, 0.05) is 0 Å². The van der Waals surface area contributed by atoms with Crippen molar-refractivity contribution in [2.45, 2.75) is 79.5 Å². The summed E-state index contributed by atoms with van der Waals surface area (Å²) in [5, 5.41) is 5.15. The highest BCUT2D eigenvalue weighted by Crippen LogP contribution is 2.10. The molecule has 2 atom stereocenters. The molecule has 0 saturated carbocycles. The maximum absolute atomic E-state index is 12.6. The molecule has 7 nitrogen and oxygen atoms in total. The lowest BCUT2D eigenvalue weighted by atomic mass is 10.0. The minimum Gasteiger partial charge on any atom is -0.459 e. The lowest BCUT2D eigenvalue weighted by molar-refractivity contribution is -0.147. The van der Waals surface area contributed by atoms with E-state index in [4.69, 9.17) is 9.47 Å². The Balaban J connectivity index is 5.03. The number of hydrogen-bond acceptors (Lipinski definition) is 5. The summed E-state index contributed by atoms with van der Waals surface area (Å²) >= 11 is 0. The monoisotopic (exact) mass is 422 g/mol. The Kier molecular flexibility index (Phi) is 12.4. The second kappa shape index (κ2) is 13.6. The van der Waals surface area contributed by atoms with Crippen LogP contribution in [0, 0.1) is 5.92 Å². The number of allylic oxidation sites excluding steroid dienone is 4. The fraction of sp³-hybridized carbons (Fsp3) is 0.609. The molecule has 0 fully saturated rings. The molecule has 0 rings (SSSR count). The minimum atomic E-state index is -0.865. The lowest BCUT2D eigenvalue weighted by Crippen LogP contribution is -2.51. The smallest absolute Gasteiger partial charge is 0.408 e. The van der Waals surface area contributed by atoms with Gasteiger partial charge in [-0.25, -0.2) is 9.59 Å². The zero-order valence-corrected chi connectivity index (χ0v) is 19.6. The van der Waals surface area contributed by atoms with Crippen molar-refractivity contribution in [3.63, 3.8) is 0 Å². The highest BCUT2D eigenvalue weighted by Gasteiger charge is 2.27. The van der Waals surface area contributed by atoms with E-state index in [9.17, 15) is 14.4 Å². The van der Waals surface area contributed by atoms with Crippen LogP contribution in [-0.4, -0.2) is 42.3 Å². The average molecular weight is 423 g/mol. The number of hydrogen-bond donors (Lipinski definition) is 2. The standard InChI is InChI=1S/C23H38N2O5/c1-9-11-13-18(12-10-2)15-29-21(27)19(14-16(3)4)25-20(26)17(5)24-22(28)30-23(6,7)8/h9-13,16-17,19H,14-15H2,1-8H3,(H,24,28)(H,25,26)/b11-9-,12-10-,18-13+/t17?,19-/m0/s1. The molecule has 0 bridgehead atoms. The van der Waals surface area contributed by atoms with Crippen LogP contribution in [0.25, 0.3) is 0 Å². The van der Waals surface area contributed by atoms with Crippen molar-refractivity contribution in [2.24, 2.45) is 5.92 Å². The quantitative estimate of drug-likeness (QED) is 0.409. The lowest BCUT2D eigenvalue weighted by Gasteiger charge is -2.24. The first-order valence-corrected chi connectivity index (χ1v) is 10.3. The zero-order valence-electron chi connectivity index (χ0n) is 19.6. The van der Waals surface area contributed by atoms with E-state index in [1.807, 2.05) is 58.1 Å². The Morgan fingerprint density at radius 2 is 1.63 bits per heavy atom. The van der Waals surface area contributed by atoms with Crippen molar-refractivity contribution in [1.82, 2.24) is 10.6 Å². The van der Waals surface area contributed by atoms with E-state index >= 15 is 0 Å². The van der Waals surface area contributed by atoms with Crippen LogP contribution in [0.4, 0.5) is 4.79 Å². The summed E-state index contributed by atoms with van der Waals surface area (Å²) in [5.74, 6) is -0.843. The number of carbonyl (C=O) groups excluding carboxylic acids is 3. The number of amides is 2. The first kappa shape index (κ1) is 27.4. The van der Waals surface area contributed by atoms with Gasteiger partial charge < -0.3 is 20.1 Å². The first-order chi connectivity index (χ1) is 13.9. The fourth-order valence-corrected chi connectivity index (χ4v) is 2.37. The molecule has 7 heteroatoms. The third-order valence-electron chi connectivity index (χ3n) is 3.70. The second-order valence-electron chi connectivity index (χ2n) is 8.43. The molecule has 0 aromatic carbocycles. The van der Waals surface area contributed by atoms with Gasteiger partial charge in [-0.05, 0) is 59.5 Å². The fourth-order valence-electron chi connectivity index (χ4n) is 2.37. The van der Waals surface area contributed by atoms with E-state index in [1.165, 1.54) is 6.92 Å². The van der Waals surface area contributed by atoms with Crippen LogP contribution in [0.1, 0.15) is 61.8 Å². The first-order valence-electron chi connectivity index (χ1n) is 10.3. The van der Waals surface area contributed by atoms with E-state index in [2.05, 4.69) is 10.6 Å². The Morgan fingerprint density at radius 1 is 1.00 bits per heavy atom. The van der Waals surface area contributed by atoms with Gasteiger partial charge in [0.15, 0.2) is 0 Å². The molecule has 0 spiro atoms. The minimum absolute atomic E-state index is 0.101. The zero-order chi connectivity index (χ0) is 23.3. The third kappa shape index (κ3) is 12.8. The van der Waals surface area contributed by atoms with Gasteiger partial charge in [-0.15, -0.1) is 0 Å². The summed E-state index contributed by atoms with van der Waals surface area (Å²) in [7, 11) is 0. The molecule has 170 valence electrons. The van der Waals surface area contributed by atoms with Crippen molar-refractivity contribution in [3.8, 4) is 0 Å². The summed E-state index contributed by atoms with van der Waals surface area (Å²) in [5.41, 5.74) is 0.161. The predicted octanol–water partition coefficient (Wildman–Crippen LogP) is 4.05. The summed E-state index contributed by atoms with van der Waals surface area (Å²) in [6.07, 6.45) is 9.04. The van der Waals surface area contributed by atoms with E-state index in [0.29, 0.717) is 6.42 Å². The van der Waals surface area contributed by atoms with E-state index < -0.39 is 35.7 Å². The van der Waals surface area contributed by atoms with Gasteiger partial charge >= 0.3 is 12.1 Å². The molecule has 0 radical (unpaired) electrons.